The summed E-state index contributed by atoms with van der Waals surface area (Å²) in [5, 5.41) is 0. The van der Waals surface area contributed by atoms with Gasteiger partial charge in [-0.25, -0.2) is 0 Å². The molecule has 0 saturated carbocycles. The van der Waals surface area contributed by atoms with Crippen molar-refractivity contribution >= 4 is 0 Å². The van der Waals surface area contributed by atoms with Gasteiger partial charge in [0.1, 0.15) is 0 Å². The Balaban J connectivity index is 1.70. The molecule has 2 rings (SSSR count). The van der Waals surface area contributed by atoms with Crippen LogP contribution in [0.25, 0.3) is 0 Å². The van der Waals surface area contributed by atoms with Crippen molar-refractivity contribution in [1.82, 2.24) is 0 Å². The largest absolute Gasteiger partial charge is 0.376 e. The summed E-state index contributed by atoms with van der Waals surface area (Å²) in [6, 6.07) is 21.3. The van der Waals surface area contributed by atoms with E-state index < -0.39 is 0 Å². The van der Waals surface area contributed by atoms with E-state index in [0.29, 0.717) is 6.61 Å². The molecule has 0 atom stereocenters. The second-order valence-corrected chi connectivity index (χ2v) is 3.70. The molecule has 1 nitrogen and oxygen atoms in total. The average Bonchev–Trinajstić information content (AvgIpc) is 2.37. The van der Waals surface area contributed by atoms with Gasteiger partial charge in [-0.2, -0.15) is 0 Å². The topological polar surface area (TPSA) is 9.23 Å². The molecule has 1 radical (unpaired) electrons. The molecule has 1 heteroatoms. The maximum absolute atomic E-state index is 5.61. The average molecular weight is 211 g/mol. The molecule has 0 aliphatic carbocycles. The molecule has 0 aliphatic heterocycles. The van der Waals surface area contributed by atoms with Gasteiger partial charge in [0.2, 0.25) is 0 Å². The predicted molar refractivity (Wildman–Crippen MR) is 65.1 cm³/mol. The molecule has 0 unspecified atom stereocenters. The van der Waals surface area contributed by atoms with Crippen LogP contribution < -0.4 is 0 Å². The zero-order chi connectivity index (χ0) is 11.1. The van der Waals surface area contributed by atoms with E-state index in [1.165, 1.54) is 11.1 Å². The van der Waals surface area contributed by atoms with Gasteiger partial charge in [-0.15, -0.1) is 0 Å². The standard InChI is InChI=1S/C15H15O/c1-3-7-14(8-4-1)11-12-16-13-15-9-5-2-6-10-15/h1,3-10H,11-13H2. The van der Waals surface area contributed by atoms with Crippen LogP contribution in [0.5, 0.6) is 0 Å². The molecular formula is C15H15O. The lowest BCUT2D eigenvalue weighted by Gasteiger charge is -2.04. The van der Waals surface area contributed by atoms with Crippen molar-refractivity contribution in [2.45, 2.75) is 13.0 Å². The van der Waals surface area contributed by atoms with Gasteiger partial charge in [0.15, 0.2) is 0 Å². The first-order valence-electron chi connectivity index (χ1n) is 5.52. The quantitative estimate of drug-likeness (QED) is 0.690. The van der Waals surface area contributed by atoms with Gasteiger partial charge in [0.05, 0.1) is 13.2 Å². The Labute approximate surface area is 96.7 Å². The second-order valence-electron chi connectivity index (χ2n) is 3.70. The molecule has 16 heavy (non-hydrogen) atoms. The van der Waals surface area contributed by atoms with E-state index in [4.69, 9.17) is 4.74 Å². The fraction of sp³-hybridized carbons (Fsp3) is 0.200. The number of hydrogen-bond acceptors (Lipinski definition) is 1. The number of ether oxygens (including phenoxy) is 1. The van der Waals surface area contributed by atoms with E-state index in [1.54, 1.807) is 0 Å². The first-order valence-corrected chi connectivity index (χ1v) is 5.52. The maximum Gasteiger partial charge on any atom is 0.0717 e. The van der Waals surface area contributed by atoms with E-state index in [1.807, 2.05) is 30.3 Å². The van der Waals surface area contributed by atoms with Crippen molar-refractivity contribution in [3.63, 3.8) is 0 Å². The Bertz CT molecular complexity index is 353. The molecule has 0 fully saturated rings. The third-order valence-corrected chi connectivity index (χ3v) is 2.43. The van der Waals surface area contributed by atoms with Gasteiger partial charge in [-0.3, -0.25) is 0 Å². The van der Waals surface area contributed by atoms with Gasteiger partial charge >= 0.3 is 0 Å². The Morgan fingerprint density at radius 2 is 1.62 bits per heavy atom. The predicted octanol–water partition coefficient (Wildman–Crippen LogP) is 3.25. The summed E-state index contributed by atoms with van der Waals surface area (Å²) < 4.78 is 5.61. The first kappa shape index (κ1) is 10.9. The number of benzene rings is 2. The Morgan fingerprint density at radius 1 is 0.875 bits per heavy atom. The van der Waals surface area contributed by atoms with Crippen molar-refractivity contribution in [3.8, 4) is 0 Å². The molecule has 2 aromatic carbocycles. The summed E-state index contributed by atoms with van der Waals surface area (Å²) >= 11 is 0. The Morgan fingerprint density at radius 3 is 2.38 bits per heavy atom. The Kier molecular flexibility index (Phi) is 4.15. The fourth-order valence-corrected chi connectivity index (χ4v) is 1.54. The van der Waals surface area contributed by atoms with Crippen LogP contribution in [0, 0.1) is 6.07 Å². The van der Waals surface area contributed by atoms with Crippen molar-refractivity contribution in [2.75, 3.05) is 6.61 Å². The lowest BCUT2D eigenvalue weighted by molar-refractivity contribution is 0.124. The van der Waals surface area contributed by atoms with Crippen LogP contribution in [-0.4, -0.2) is 6.61 Å². The van der Waals surface area contributed by atoms with E-state index in [-0.39, 0.29) is 0 Å². The molecule has 0 spiro atoms. The minimum Gasteiger partial charge on any atom is -0.376 e. The van der Waals surface area contributed by atoms with Crippen molar-refractivity contribution in [1.29, 1.82) is 0 Å². The van der Waals surface area contributed by atoms with Gasteiger partial charge in [0, 0.05) is 0 Å². The maximum atomic E-state index is 5.61. The van der Waals surface area contributed by atoms with E-state index in [2.05, 4.69) is 30.3 Å². The summed E-state index contributed by atoms with van der Waals surface area (Å²) in [7, 11) is 0. The molecular weight excluding hydrogens is 196 g/mol. The third-order valence-electron chi connectivity index (χ3n) is 2.43. The summed E-state index contributed by atoms with van der Waals surface area (Å²) in [5.74, 6) is 0. The Hall–Kier alpha value is -1.60. The van der Waals surface area contributed by atoms with E-state index in [9.17, 15) is 0 Å². The summed E-state index contributed by atoms with van der Waals surface area (Å²) in [5.41, 5.74) is 2.52. The van der Waals surface area contributed by atoms with Crippen molar-refractivity contribution in [3.05, 3.63) is 71.8 Å². The highest BCUT2D eigenvalue weighted by Gasteiger charge is 1.93. The highest BCUT2D eigenvalue weighted by molar-refractivity contribution is 5.15. The molecule has 0 amide bonds. The number of rotatable bonds is 5. The van der Waals surface area contributed by atoms with Crippen LogP contribution in [0.1, 0.15) is 11.1 Å². The minimum absolute atomic E-state index is 0.682. The fourth-order valence-electron chi connectivity index (χ4n) is 1.54. The van der Waals surface area contributed by atoms with Crippen LogP contribution in [0.15, 0.2) is 54.6 Å². The molecule has 81 valence electrons. The summed E-state index contributed by atoms with van der Waals surface area (Å²) in [4.78, 5) is 0. The zero-order valence-corrected chi connectivity index (χ0v) is 9.23. The number of hydrogen-bond donors (Lipinski definition) is 0. The lowest BCUT2D eigenvalue weighted by atomic mass is 10.2. The van der Waals surface area contributed by atoms with Crippen molar-refractivity contribution < 1.29 is 4.74 Å². The molecule has 0 bridgehead atoms. The molecule has 0 heterocycles. The molecule has 0 N–H and O–H groups in total. The third kappa shape index (κ3) is 3.52. The first-order chi connectivity index (χ1) is 7.95. The van der Waals surface area contributed by atoms with Crippen molar-refractivity contribution in [2.24, 2.45) is 0 Å². The monoisotopic (exact) mass is 211 g/mol. The highest BCUT2D eigenvalue weighted by atomic mass is 16.5. The van der Waals surface area contributed by atoms with Crippen LogP contribution in [0.4, 0.5) is 0 Å². The van der Waals surface area contributed by atoms with Crippen LogP contribution in [0.2, 0.25) is 0 Å². The van der Waals surface area contributed by atoms with Gasteiger partial charge in [0.25, 0.3) is 0 Å². The van der Waals surface area contributed by atoms with Crippen LogP contribution in [-0.2, 0) is 17.8 Å². The SMILES string of the molecule is [c]1ccc(COCCc2ccccc2)cc1. The molecule has 0 aromatic heterocycles. The van der Waals surface area contributed by atoms with Gasteiger partial charge < -0.3 is 4.74 Å². The van der Waals surface area contributed by atoms with E-state index in [0.717, 1.165) is 13.0 Å². The molecule has 2 aromatic rings. The molecule has 0 saturated heterocycles. The summed E-state index contributed by atoms with van der Waals surface area (Å²) in [6.45, 7) is 1.45. The lowest BCUT2D eigenvalue weighted by Crippen LogP contribution is -1.98. The van der Waals surface area contributed by atoms with Gasteiger partial charge in [-0.1, -0.05) is 54.6 Å². The zero-order valence-electron chi connectivity index (χ0n) is 9.23. The van der Waals surface area contributed by atoms with Gasteiger partial charge in [-0.05, 0) is 23.6 Å². The van der Waals surface area contributed by atoms with Crippen LogP contribution >= 0.6 is 0 Å². The molecule has 0 aliphatic rings. The second kappa shape index (κ2) is 6.09. The summed E-state index contributed by atoms with van der Waals surface area (Å²) in [6.07, 6.45) is 0.972. The normalized spacial score (nSPS) is 10.2. The minimum atomic E-state index is 0.682. The van der Waals surface area contributed by atoms with Crippen LogP contribution in [0.3, 0.4) is 0 Å². The smallest absolute Gasteiger partial charge is 0.0717 e. The van der Waals surface area contributed by atoms with E-state index >= 15 is 0 Å². The highest BCUT2D eigenvalue weighted by Crippen LogP contribution is 2.03.